The lowest BCUT2D eigenvalue weighted by molar-refractivity contribution is -0.121. The van der Waals surface area contributed by atoms with Crippen LogP contribution in [0, 0.1) is 11.6 Å². The van der Waals surface area contributed by atoms with Crippen molar-refractivity contribution < 1.29 is 13.6 Å². The predicted octanol–water partition coefficient (Wildman–Crippen LogP) is 0.971. The van der Waals surface area contributed by atoms with Gasteiger partial charge in [0.2, 0.25) is 5.91 Å². The van der Waals surface area contributed by atoms with E-state index in [4.69, 9.17) is 5.73 Å². The van der Waals surface area contributed by atoms with Crippen LogP contribution in [0.5, 0.6) is 0 Å². The van der Waals surface area contributed by atoms with Crippen molar-refractivity contribution in [1.82, 2.24) is 5.32 Å². The van der Waals surface area contributed by atoms with Gasteiger partial charge >= 0.3 is 0 Å². The van der Waals surface area contributed by atoms with Crippen molar-refractivity contribution in [2.45, 2.75) is 19.4 Å². The third-order valence-corrected chi connectivity index (χ3v) is 2.05. The first-order chi connectivity index (χ1) is 7.49. The molecule has 5 heteroatoms. The van der Waals surface area contributed by atoms with E-state index in [0.29, 0.717) is 18.5 Å². The second kappa shape index (κ2) is 5.55. The lowest BCUT2D eigenvalue weighted by atomic mass is 10.1. The summed E-state index contributed by atoms with van der Waals surface area (Å²) >= 11 is 0. The van der Waals surface area contributed by atoms with Gasteiger partial charge < -0.3 is 11.1 Å². The standard InChI is InChI=1S/C11H14F2N2O/c1-7(14)11(16)15-3-2-8-4-9(12)6-10(13)5-8/h4-7H,2-3,14H2,1H3,(H,15,16)/t7-/m0/s1. The topological polar surface area (TPSA) is 55.1 Å². The van der Waals surface area contributed by atoms with E-state index in [-0.39, 0.29) is 5.91 Å². The molecule has 0 fully saturated rings. The molecule has 1 rings (SSSR count). The molecule has 1 amide bonds. The highest BCUT2D eigenvalue weighted by atomic mass is 19.1. The number of halogens is 2. The molecule has 1 aromatic carbocycles. The van der Waals surface area contributed by atoms with Gasteiger partial charge in [0, 0.05) is 12.6 Å². The fraction of sp³-hybridized carbons (Fsp3) is 0.364. The summed E-state index contributed by atoms with van der Waals surface area (Å²) in [6.45, 7) is 1.88. The maximum atomic E-state index is 12.8. The van der Waals surface area contributed by atoms with Crippen molar-refractivity contribution in [2.75, 3.05) is 6.54 Å². The van der Waals surface area contributed by atoms with Crippen LogP contribution in [-0.4, -0.2) is 18.5 Å². The van der Waals surface area contributed by atoms with Gasteiger partial charge in [-0.15, -0.1) is 0 Å². The van der Waals surface area contributed by atoms with Gasteiger partial charge in [0.1, 0.15) is 11.6 Å². The molecule has 0 radical (unpaired) electrons. The number of hydrogen-bond donors (Lipinski definition) is 2. The molecule has 3 N–H and O–H groups in total. The van der Waals surface area contributed by atoms with Gasteiger partial charge in [-0.05, 0) is 31.0 Å². The van der Waals surface area contributed by atoms with Gasteiger partial charge in [0.05, 0.1) is 6.04 Å². The highest BCUT2D eigenvalue weighted by Gasteiger charge is 2.06. The van der Waals surface area contributed by atoms with E-state index in [0.717, 1.165) is 6.07 Å². The average Bonchev–Trinajstić information content (AvgIpc) is 2.15. The van der Waals surface area contributed by atoms with Crippen molar-refractivity contribution in [1.29, 1.82) is 0 Å². The van der Waals surface area contributed by atoms with Crippen LogP contribution in [0.3, 0.4) is 0 Å². The fourth-order valence-electron chi connectivity index (χ4n) is 1.25. The van der Waals surface area contributed by atoms with Crippen LogP contribution in [0.25, 0.3) is 0 Å². The summed E-state index contributed by atoms with van der Waals surface area (Å²) in [5, 5.41) is 2.56. The number of carbonyl (C=O) groups is 1. The first kappa shape index (κ1) is 12.6. The molecule has 0 heterocycles. The number of hydrogen-bond acceptors (Lipinski definition) is 2. The van der Waals surface area contributed by atoms with E-state index in [2.05, 4.69) is 5.32 Å². The zero-order valence-corrected chi connectivity index (χ0v) is 8.97. The molecule has 0 saturated carbocycles. The Morgan fingerprint density at radius 3 is 2.44 bits per heavy atom. The maximum Gasteiger partial charge on any atom is 0.236 e. The van der Waals surface area contributed by atoms with E-state index in [9.17, 15) is 13.6 Å². The maximum absolute atomic E-state index is 12.8. The minimum absolute atomic E-state index is 0.281. The zero-order chi connectivity index (χ0) is 12.1. The Kier molecular flexibility index (Phi) is 4.37. The molecule has 0 bridgehead atoms. The lowest BCUT2D eigenvalue weighted by Gasteiger charge is -2.07. The third-order valence-electron chi connectivity index (χ3n) is 2.05. The Labute approximate surface area is 92.6 Å². The van der Waals surface area contributed by atoms with Crippen molar-refractivity contribution in [3.8, 4) is 0 Å². The smallest absolute Gasteiger partial charge is 0.236 e. The van der Waals surface area contributed by atoms with Gasteiger partial charge in [-0.1, -0.05) is 0 Å². The quantitative estimate of drug-likeness (QED) is 0.806. The lowest BCUT2D eigenvalue weighted by Crippen LogP contribution is -2.39. The molecule has 0 saturated heterocycles. The monoisotopic (exact) mass is 228 g/mol. The molecule has 0 aliphatic carbocycles. The third kappa shape index (κ3) is 3.94. The van der Waals surface area contributed by atoms with Gasteiger partial charge in [-0.3, -0.25) is 4.79 Å². The Bertz CT molecular complexity index is 360. The molecule has 88 valence electrons. The number of carbonyl (C=O) groups excluding carboxylic acids is 1. The molecule has 16 heavy (non-hydrogen) atoms. The number of nitrogens with one attached hydrogen (secondary N) is 1. The number of amides is 1. The highest BCUT2D eigenvalue weighted by molar-refractivity contribution is 5.80. The number of benzene rings is 1. The first-order valence-electron chi connectivity index (χ1n) is 4.97. The molecule has 0 aliphatic rings. The predicted molar refractivity (Wildman–Crippen MR) is 56.7 cm³/mol. The summed E-state index contributed by atoms with van der Waals surface area (Å²) in [7, 11) is 0. The van der Waals surface area contributed by atoms with E-state index in [1.165, 1.54) is 12.1 Å². The minimum atomic E-state index is -0.617. The van der Waals surface area contributed by atoms with E-state index in [1.807, 2.05) is 0 Å². The minimum Gasteiger partial charge on any atom is -0.354 e. The second-order valence-corrected chi connectivity index (χ2v) is 3.61. The van der Waals surface area contributed by atoms with Gasteiger partial charge in [0.15, 0.2) is 0 Å². The van der Waals surface area contributed by atoms with E-state index < -0.39 is 17.7 Å². The highest BCUT2D eigenvalue weighted by Crippen LogP contribution is 2.07. The summed E-state index contributed by atoms with van der Waals surface area (Å²) in [5.41, 5.74) is 5.83. The normalized spacial score (nSPS) is 12.2. The molecule has 0 aromatic heterocycles. The van der Waals surface area contributed by atoms with Crippen molar-refractivity contribution in [3.05, 3.63) is 35.4 Å². The van der Waals surface area contributed by atoms with Crippen molar-refractivity contribution >= 4 is 5.91 Å². The van der Waals surface area contributed by atoms with Gasteiger partial charge in [-0.2, -0.15) is 0 Å². The van der Waals surface area contributed by atoms with E-state index >= 15 is 0 Å². The molecule has 3 nitrogen and oxygen atoms in total. The van der Waals surface area contributed by atoms with Crippen molar-refractivity contribution in [2.24, 2.45) is 5.73 Å². The second-order valence-electron chi connectivity index (χ2n) is 3.61. The summed E-state index contributed by atoms with van der Waals surface area (Å²) in [5.74, 6) is -1.51. The number of nitrogens with two attached hydrogens (primary N) is 1. The summed E-state index contributed by atoms with van der Waals surface area (Å²) in [6.07, 6.45) is 0.368. The molecule has 0 unspecified atom stereocenters. The van der Waals surface area contributed by atoms with Crippen LogP contribution in [0.4, 0.5) is 8.78 Å². The fourth-order valence-corrected chi connectivity index (χ4v) is 1.25. The van der Waals surface area contributed by atoms with Crippen LogP contribution < -0.4 is 11.1 Å². The Morgan fingerprint density at radius 1 is 1.38 bits per heavy atom. The van der Waals surface area contributed by atoms with E-state index in [1.54, 1.807) is 6.92 Å². The van der Waals surface area contributed by atoms with Crippen LogP contribution in [0.15, 0.2) is 18.2 Å². The summed E-state index contributed by atoms with van der Waals surface area (Å²) in [6, 6.07) is 2.70. The Morgan fingerprint density at radius 2 is 1.94 bits per heavy atom. The average molecular weight is 228 g/mol. The summed E-state index contributed by atoms with van der Waals surface area (Å²) in [4.78, 5) is 11.1. The molecule has 1 atom stereocenters. The van der Waals surface area contributed by atoms with Crippen molar-refractivity contribution in [3.63, 3.8) is 0 Å². The van der Waals surface area contributed by atoms with Crippen LogP contribution in [0.2, 0.25) is 0 Å². The molecular weight excluding hydrogens is 214 g/mol. The first-order valence-corrected chi connectivity index (χ1v) is 4.97. The molecule has 0 aliphatic heterocycles. The molecular formula is C11H14F2N2O. The Balaban J connectivity index is 2.46. The zero-order valence-electron chi connectivity index (χ0n) is 8.97. The molecule has 0 spiro atoms. The largest absolute Gasteiger partial charge is 0.354 e. The molecule has 1 aromatic rings. The Hall–Kier alpha value is -1.49. The van der Waals surface area contributed by atoms with Gasteiger partial charge in [0.25, 0.3) is 0 Å². The van der Waals surface area contributed by atoms with Crippen LogP contribution >= 0.6 is 0 Å². The van der Waals surface area contributed by atoms with Crippen LogP contribution in [0.1, 0.15) is 12.5 Å². The number of rotatable bonds is 4. The van der Waals surface area contributed by atoms with Crippen LogP contribution in [-0.2, 0) is 11.2 Å². The van der Waals surface area contributed by atoms with Gasteiger partial charge in [-0.25, -0.2) is 8.78 Å². The SMILES string of the molecule is C[C@H](N)C(=O)NCCc1cc(F)cc(F)c1. The summed E-state index contributed by atoms with van der Waals surface area (Å²) < 4.78 is 25.6.